The van der Waals surface area contributed by atoms with Gasteiger partial charge in [0.05, 0.1) is 35.2 Å². The number of alkyl halides is 3. The first kappa shape index (κ1) is 93.0. The summed E-state index contributed by atoms with van der Waals surface area (Å²) in [5, 5.41) is 0.513. The molecule has 3 aromatic heterocycles. The molecule has 6 aliphatic carbocycles. The van der Waals surface area contributed by atoms with Gasteiger partial charge in [0.25, 0.3) is 0 Å². The van der Waals surface area contributed by atoms with Crippen LogP contribution in [0.1, 0.15) is 264 Å². The van der Waals surface area contributed by atoms with Gasteiger partial charge in [-0.15, -0.1) is 0 Å². The van der Waals surface area contributed by atoms with E-state index in [9.17, 15) is 22.0 Å². The number of aryl methyl sites for hydroxylation is 11. The number of allylic oxidation sites excluding steroid dienone is 6. The topological polar surface area (TPSA) is 65.2 Å². The van der Waals surface area contributed by atoms with Crippen LogP contribution in [0.5, 0.6) is 5.75 Å². The molecule has 12 heteroatoms. The van der Waals surface area contributed by atoms with Crippen LogP contribution in [0, 0.1) is 113 Å². The van der Waals surface area contributed by atoms with Crippen molar-refractivity contribution in [3.8, 4) is 5.75 Å². The molecule has 5 unspecified atom stereocenters. The lowest BCUT2D eigenvalue weighted by atomic mass is 9.97. The molecule has 9 aromatic rings. The van der Waals surface area contributed by atoms with Gasteiger partial charge in [-0.3, -0.25) is 19.9 Å². The number of rotatable bonds is 3. The molecule has 6 nitrogen and oxygen atoms in total. The van der Waals surface area contributed by atoms with E-state index in [-0.39, 0.29) is 44.0 Å². The fraction of sp³-hybridized carbons (Fsp3) is 0.378. The van der Waals surface area contributed by atoms with Crippen molar-refractivity contribution >= 4 is 41.6 Å². The van der Waals surface area contributed by atoms with Crippen LogP contribution in [0.25, 0.3) is 29.1 Å². The van der Waals surface area contributed by atoms with Crippen molar-refractivity contribution in [2.45, 2.75) is 230 Å². The quantitative estimate of drug-likeness (QED) is 0.100. The summed E-state index contributed by atoms with van der Waals surface area (Å²) in [6.07, 6.45) is 14.6. The Labute approximate surface area is 669 Å². The van der Waals surface area contributed by atoms with Gasteiger partial charge in [0, 0.05) is 70.6 Å². The highest BCUT2D eigenvalue weighted by Crippen LogP contribution is 2.44. The first-order valence-corrected chi connectivity index (χ1v) is 37.9. The smallest absolute Gasteiger partial charge is 0.416 e. The van der Waals surface area contributed by atoms with E-state index in [0.717, 1.165) is 97.7 Å². The van der Waals surface area contributed by atoms with Crippen LogP contribution in [-0.2, 0) is 6.18 Å². The summed E-state index contributed by atoms with van der Waals surface area (Å²) in [6.45, 7) is 55.8. The largest absolute Gasteiger partial charge is 0.493 e. The zero-order chi connectivity index (χ0) is 80.0. The number of fused-ring (bicyclic) bond motifs is 4. The minimum Gasteiger partial charge on any atom is -0.493 e. The molecule has 6 aromatic carbocycles. The number of nitrogens with zero attached hydrogens (tertiary/aromatic N) is 5. The zero-order valence-electron chi connectivity index (χ0n) is 68.1. The second kappa shape index (κ2) is 43.3. The predicted molar refractivity (Wildman–Crippen MR) is 467 cm³/mol. The van der Waals surface area contributed by atoms with E-state index in [4.69, 9.17) is 22.9 Å². The lowest BCUT2D eigenvalue weighted by molar-refractivity contribution is -0.137. The van der Waals surface area contributed by atoms with Gasteiger partial charge < -0.3 is 4.74 Å². The van der Waals surface area contributed by atoms with Crippen LogP contribution in [0.3, 0.4) is 0 Å². The van der Waals surface area contributed by atoms with E-state index in [1.54, 1.807) is 41.7 Å². The van der Waals surface area contributed by atoms with Crippen LogP contribution >= 0.6 is 11.6 Å². The summed E-state index contributed by atoms with van der Waals surface area (Å²) in [5.41, 5.74) is 30.7. The fourth-order valence-electron chi connectivity index (χ4n) is 12.4. The third kappa shape index (κ3) is 26.7. The van der Waals surface area contributed by atoms with Crippen molar-refractivity contribution in [2.24, 2.45) is 11.8 Å². The minimum absolute atomic E-state index is 0. The molecule has 0 amide bonds. The van der Waals surface area contributed by atoms with Gasteiger partial charge in [0.2, 0.25) is 0 Å². The van der Waals surface area contributed by atoms with Crippen LogP contribution in [-0.4, -0.2) is 26.5 Å². The Hall–Kier alpha value is -9.37. The van der Waals surface area contributed by atoms with Crippen molar-refractivity contribution in [1.82, 2.24) is 19.9 Å². The summed E-state index contributed by atoms with van der Waals surface area (Å²) in [4.78, 5) is 19.8. The van der Waals surface area contributed by atoms with Crippen LogP contribution in [0.15, 0.2) is 179 Å². The van der Waals surface area contributed by atoms with E-state index in [2.05, 4.69) is 194 Å². The van der Waals surface area contributed by atoms with Crippen LogP contribution in [0.2, 0.25) is 5.02 Å². The standard InChI is InChI=1S/C15H18O.C12H11F3.C12H10FN.C11H10ClF.2C8H11N.C8H14.2C8H10.C6H8N2.2CH4.4H2/c1-10-8-14-13(11(10)2)4-3-5-15(14)16-9-12-6-7-12;1-7-5-9-3-4-10(12(13,14)15)6-11(9)8(7)2;1-7-6-9-11(14-3)5-4-10(13)12(9)8(7)2;1-6-3-10-9(7(6)2)4-8(13)5-11(10)12;1-6-4-5-9-8(3)7(6)2;1-6-4-5-7(2)9-8(6)3;1-6-4-5-7(2)8(6)3;2*1-7-5-3-4-6-8(7)2;1-5-6(2)8-4-3-7-5;;;;;;/h3-5,8,11-12H,6-7,9H2,1-2H3;3-6,8H,1-2H3;4-6,8H,1-2H3;3-5,7H,1-2H3;2*4-5H,1-3H3;6H,4-5H2,1-3H3;2*3-6H,1-2H3;3-4H,1-2H3;2*1H4;4*1H/i;;;;;;;;;;;;4*1+1. The van der Waals surface area contributed by atoms with Gasteiger partial charge in [0.1, 0.15) is 17.4 Å². The van der Waals surface area contributed by atoms with Crippen molar-refractivity contribution < 1.29 is 32.4 Å². The van der Waals surface area contributed by atoms with E-state index < -0.39 is 11.7 Å². The van der Waals surface area contributed by atoms with Gasteiger partial charge >= 0.3 is 6.18 Å². The number of hydrogen-bond acceptors (Lipinski definition) is 5. The number of benzene rings is 6. The highest BCUT2D eigenvalue weighted by atomic mass is 35.5. The van der Waals surface area contributed by atoms with E-state index in [0.29, 0.717) is 28.1 Å². The molecule has 0 spiro atoms. The average Bonchev–Trinajstić information content (AvgIpc) is 1.66. The molecule has 5 atom stereocenters. The fourth-order valence-corrected chi connectivity index (χ4v) is 12.6. The molecule has 594 valence electrons. The van der Waals surface area contributed by atoms with Crippen molar-refractivity contribution in [1.29, 1.82) is 0 Å². The Morgan fingerprint density at radius 1 is 0.491 bits per heavy atom. The predicted octanol–water partition coefficient (Wildman–Crippen LogP) is 30.8. The van der Waals surface area contributed by atoms with Gasteiger partial charge in [-0.2, -0.15) is 13.2 Å². The molecular weight excluding hydrogens is 1390 g/mol. The first-order chi connectivity index (χ1) is 50.9. The monoisotopic (exact) mass is 1530 g/mol. The summed E-state index contributed by atoms with van der Waals surface area (Å²) in [7, 11) is 0. The average molecular weight is 1530 g/mol. The first-order valence-electron chi connectivity index (χ1n) is 37.6. The third-order valence-electron chi connectivity index (χ3n) is 21.8. The van der Waals surface area contributed by atoms with E-state index in [1.165, 1.54) is 105 Å². The van der Waals surface area contributed by atoms with Crippen molar-refractivity contribution in [3.63, 3.8) is 0 Å². The second-order valence-corrected chi connectivity index (χ2v) is 30.1. The molecule has 1 fully saturated rings. The number of hydrogen-bond donors (Lipinski definition) is 0. The van der Waals surface area contributed by atoms with Crippen molar-refractivity contribution in [3.05, 3.63) is 325 Å². The van der Waals surface area contributed by atoms with Gasteiger partial charge in [-0.05, 0) is 289 Å². The van der Waals surface area contributed by atoms with Gasteiger partial charge in [0.15, 0.2) is 5.69 Å². The van der Waals surface area contributed by atoms with Crippen molar-refractivity contribution in [2.75, 3.05) is 6.61 Å². The number of ether oxygens (including phenoxy) is 1. The maximum Gasteiger partial charge on any atom is 0.416 e. The Morgan fingerprint density at radius 3 is 1.47 bits per heavy atom. The Morgan fingerprint density at radius 2 is 1.01 bits per heavy atom. The molecular formula is C98H129ClF5N5O. The summed E-state index contributed by atoms with van der Waals surface area (Å²) < 4.78 is 69.8. The Bertz CT molecular complexity index is 4610. The number of aromatic nitrogens is 4. The highest BCUT2D eigenvalue weighted by Gasteiger charge is 2.33. The molecule has 0 N–H and O–H groups in total. The lowest BCUT2D eigenvalue weighted by Crippen LogP contribution is -2.06. The number of pyridine rings is 2. The molecule has 0 saturated heterocycles. The van der Waals surface area contributed by atoms with E-state index >= 15 is 0 Å². The Kier molecular flexibility index (Phi) is 36.6. The third-order valence-corrected chi connectivity index (χ3v) is 22.1. The molecule has 15 rings (SSSR count). The van der Waals surface area contributed by atoms with Gasteiger partial charge in [-0.1, -0.05) is 198 Å². The normalized spacial score (nSPS) is 16.6. The molecule has 6 aliphatic rings. The molecule has 0 bridgehead atoms. The summed E-state index contributed by atoms with van der Waals surface area (Å²) in [5.74, 6) is 3.37. The van der Waals surface area contributed by atoms with Gasteiger partial charge in [-0.25, -0.2) is 13.6 Å². The maximum absolute atomic E-state index is 13.5. The van der Waals surface area contributed by atoms with E-state index in [1.807, 2.05) is 106 Å². The number of halogens is 6. The lowest BCUT2D eigenvalue weighted by Gasteiger charge is -2.11. The molecule has 1 saturated carbocycles. The summed E-state index contributed by atoms with van der Waals surface area (Å²) in [6, 6.07) is 39.1. The maximum atomic E-state index is 13.5. The highest BCUT2D eigenvalue weighted by molar-refractivity contribution is 6.32. The minimum atomic E-state index is -4.24. The molecule has 3 heterocycles. The Balaban J connectivity index is 0.00000125. The second-order valence-electron chi connectivity index (χ2n) is 29.7. The zero-order valence-corrected chi connectivity index (χ0v) is 68.8. The molecule has 0 aliphatic heterocycles. The van der Waals surface area contributed by atoms with Crippen LogP contribution < -0.4 is 4.74 Å². The molecule has 0 radical (unpaired) electrons. The molecule has 110 heavy (non-hydrogen) atoms. The SMILES string of the molecule is C.C.CC1=C(C)C(C)CC1.CC1=Cc2c(Cl)cc(F)cc2C1C.CC1=Cc2c(OCC3CC3)cccc2C1C.CC1=Cc2ccc(C(F)(F)F)cc2C1C.Cc1ccc(C)c(C)n1.Cc1ccccc1C.Cc1ccccc1C.Cc1ccnc(C)c1C.Cc1nccnc1C.[2HH].[2HH].[2HH].[2HH].[C-]#[N+]c1ccc(F)c2c1C=C(C)C2C. The van der Waals surface area contributed by atoms with Crippen LogP contribution in [0.4, 0.5) is 27.6 Å². The summed E-state index contributed by atoms with van der Waals surface area (Å²) >= 11 is 5.92.